The first kappa shape index (κ1) is 20.2. The van der Waals surface area contributed by atoms with E-state index in [0.29, 0.717) is 19.7 Å². The van der Waals surface area contributed by atoms with E-state index < -0.39 is 0 Å². The molecular formula is C19H24IN3O3. The summed E-state index contributed by atoms with van der Waals surface area (Å²) in [7, 11) is 1.76. The maximum absolute atomic E-state index is 5.53. The third-order valence-corrected chi connectivity index (χ3v) is 3.79. The van der Waals surface area contributed by atoms with Gasteiger partial charge in [0.25, 0.3) is 0 Å². The summed E-state index contributed by atoms with van der Waals surface area (Å²) in [6, 6.07) is 14.0. The first-order valence-corrected chi connectivity index (χ1v) is 8.33. The largest absolute Gasteiger partial charge is 0.494 e. The van der Waals surface area contributed by atoms with Crippen LogP contribution in [-0.2, 0) is 13.1 Å². The van der Waals surface area contributed by atoms with Crippen LogP contribution >= 0.6 is 24.0 Å². The van der Waals surface area contributed by atoms with Gasteiger partial charge >= 0.3 is 0 Å². The van der Waals surface area contributed by atoms with Crippen molar-refractivity contribution in [1.82, 2.24) is 10.6 Å². The van der Waals surface area contributed by atoms with Gasteiger partial charge in [0.2, 0.25) is 6.79 Å². The van der Waals surface area contributed by atoms with Crippen LogP contribution in [-0.4, -0.2) is 26.4 Å². The quantitative estimate of drug-likeness (QED) is 0.386. The first-order chi connectivity index (χ1) is 12.3. The van der Waals surface area contributed by atoms with Crippen molar-refractivity contribution in [2.45, 2.75) is 20.0 Å². The van der Waals surface area contributed by atoms with Crippen molar-refractivity contribution in [1.29, 1.82) is 0 Å². The standard InChI is InChI=1S/C19H23N3O3.HI/c1-3-23-16-6-4-5-14(9-16)11-21-19(20-2)22-12-15-7-8-17-18(10-15)25-13-24-17;/h4-10H,3,11-13H2,1-2H3,(H2,20,21,22);1H. The summed E-state index contributed by atoms with van der Waals surface area (Å²) in [5.74, 6) is 3.19. The molecule has 2 aromatic carbocycles. The highest BCUT2D eigenvalue weighted by atomic mass is 127. The van der Waals surface area contributed by atoms with E-state index in [4.69, 9.17) is 14.2 Å². The van der Waals surface area contributed by atoms with E-state index in [-0.39, 0.29) is 30.8 Å². The van der Waals surface area contributed by atoms with Gasteiger partial charge in [0.1, 0.15) is 5.75 Å². The lowest BCUT2D eigenvalue weighted by Gasteiger charge is -2.13. The second-order valence-corrected chi connectivity index (χ2v) is 5.55. The van der Waals surface area contributed by atoms with Crippen LogP contribution in [0, 0.1) is 0 Å². The molecule has 0 spiro atoms. The molecule has 0 saturated carbocycles. The summed E-state index contributed by atoms with van der Waals surface area (Å²) in [6.45, 7) is 4.25. The molecule has 0 fully saturated rings. The lowest BCUT2D eigenvalue weighted by atomic mass is 10.2. The van der Waals surface area contributed by atoms with Crippen LogP contribution in [0.2, 0.25) is 0 Å². The number of aliphatic imine (C=N–C) groups is 1. The summed E-state index contributed by atoms with van der Waals surface area (Å²) in [5, 5.41) is 6.60. The van der Waals surface area contributed by atoms with E-state index in [1.807, 2.05) is 43.3 Å². The molecule has 0 aliphatic carbocycles. The third kappa shape index (κ3) is 5.42. The minimum Gasteiger partial charge on any atom is -0.494 e. The van der Waals surface area contributed by atoms with Crippen LogP contribution in [0.15, 0.2) is 47.5 Å². The molecular weight excluding hydrogens is 445 g/mol. The molecule has 1 aliphatic rings. The summed E-state index contributed by atoms with van der Waals surface area (Å²) in [6.07, 6.45) is 0. The highest BCUT2D eigenvalue weighted by molar-refractivity contribution is 14.0. The Morgan fingerprint density at radius 2 is 1.77 bits per heavy atom. The number of hydrogen-bond donors (Lipinski definition) is 2. The van der Waals surface area contributed by atoms with Gasteiger partial charge in [0.15, 0.2) is 17.5 Å². The van der Waals surface area contributed by atoms with Crippen LogP contribution in [0.1, 0.15) is 18.1 Å². The van der Waals surface area contributed by atoms with Crippen molar-refractivity contribution in [3.8, 4) is 17.2 Å². The maximum Gasteiger partial charge on any atom is 0.231 e. The number of hydrogen-bond acceptors (Lipinski definition) is 4. The maximum atomic E-state index is 5.53. The summed E-state index contributed by atoms with van der Waals surface area (Å²) in [4.78, 5) is 4.26. The second kappa shape index (κ2) is 10.1. The zero-order valence-electron chi connectivity index (χ0n) is 15.0. The predicted molar refractivity (Wildman–Crippen MR) is 113 cm³/mol. The zero-order valence-corrected chi connectivity index (χ0v) is 17.3. The molecule has 1 heterocycles. The molecule has 0 unspecified atom stereocenters. The van der Waals surface area contributed by atoms with Gasteiger partial charge in [0, 0.05) is 20.1 Å². The van der Waals surface area contributed by atoms with Gasteiger partial charge in [-0.05, 0) is 42.3 Å². The monoisotopic (exact) mass is 469 g/mol. The second-order valence-electron chi connectivity index (χ2n) is 5.55. The Hall–Kier alpha value is -2.16. The number of ether oxygens (including phenoxy) is 3. The number of halogens is 1. The van der Waals surface area contributed by atoms with E-state index in [1.54, 1.807) is 7.05 Å². The van der Waals surface area contributed by atoms with Crippen molar-refractivity contribution in [2.24, 2.45) is 4.99 Å². The van der Waals surface area contributed by atoms with Gasteiger partial charge in [-0.3, -0.25) is 4.99 Å². The summed E-state index contributed by atoms with van der Waals surface area (Å²) in [5.41, 5.74) is 2.24. The molecule has 0 bridgehead atoms. The van der Waals surface area contributed by atoms with Crippen LogP contribution in [0.25, 0.3) is 0 Å². The fraction of sp³-hybridized carbons (Fsp3) is 0.316. The van der Waals surface area contributed by atoms with Crippen LogP contribution in [0.5, 0.6) is 17.2 Å². The smallest absolute Gasteiger partial charge is 0.231 e. The molecule has 26 heavy (non-hydrogen) atoms. The average Bonchev–Trinajstić information content (AvgIpc) is 3.10. The average molecular weight is 469 g/mol. The molecule has 2 aromatic rings. The Morgan fingerprint density at radius 3 is 2.50 bits per heavy atom. The van der Waals surface area contributed by atoms with Gasteiger partial charge < -0.3 is 24.8 Å². The van der Waals surface area contributed by atoms with E-state index >= 15 is 0 Å². The van der Waals surface area contributed by atoms with Gasteiger partial charge in [0.05, 0.1) is 6.61 Å². The first-order valence-electron chi connectivity index (χ1n) is 8.33. The number of rotatable bonds is 6. The van der Waals surface area contributed by atoms with Crippen molar-refractivity contribution < 1.29 is 14.2 Å². The van der Waals surface area contributed by atoms with Crippen LogP contribution in [0.4, 0.5) is 0 Å². The molecule has 0 aromatic heterocycles. The van der Waals surface area contributed by atoms with Crippen LogP contribution in [0.3, 0.4) is 0 Å². The van der Waals surface area contributed by atoms with Gasteiger partial charge in [-0.2, -0.15) is 0 Å². The van der Waals surface area contributed by atoms with Gasteiger partial charge in [-0.25, -0.2) is 0 Å². The van der Waals surface area contributed by atoms with E-state index in [0.717, 1.165) is 34.3 Å². The molecule has 0 saturated heterocycles. The van der Waals surface area contributed by atoms with Crippen molar-refractivity contribution >= 4 is 29.9 Å². The molecule has 7 heteroatoms. The molecule has 1 aliphatic heterocycles. The topological polar surface area (TPSA) is 64.1 Å². The van der Waals surface area contributed by atoms with Crippen LogP contribution < -0.4 is 24.8 Å². The van der Waals surface area contributed by atoms with E-state index in [9.17, 15) is 0 Å². The minimum absolute atomic E-state index is 0. The number of fused-ring (bicyclic) bond motifs is 1. The Labute approximate surface area is 171 Å². The molecule has 0 atom stereocenters. The lowest BCUT2D eigenvalue weighted by Crippen LogP contribution is -2.36. The Kier molecular flexibility index (Phi) is 7.83. The van der Waals surface area contributed by atoms with Crippen molar-refractivity contribution in [2.75, 3.05) is 20.4 Å². The normalized spacial score (nSPS) is 12.3. The summed E-state index contributed by atoms with van der Waals surface area (Å²) >= 11 is 0. The van der Waals surface area contributed by atoms with Gasteiger partial charge in [-0.1, -0.05) is 18.2 Å². The number of nitrogens with zero attached hydrogens (tertiary/aromatic N) is 1. The Balaban J connectivity index is 0.00000243. The predicted octanol–water partition coefficient (Wildman–Crippen LogP) is 3.30. The zero-order chi connectivity index (χ0) is 17.5. The SMILES string of the molecule is CCOc1cccc(CNC(=NC)NCc2ccc3c(c2)OCO3)c1.I. The fourth-order valence-electron chi connectivity index (χ4n) is 2.55. The molecule has 3 rings (SSSR count). The van der Waals surface area contributed by atoms with E-state index in [1.165, 1.54) is 0 Å². The highest BCUT2D eigenvalue weighted by Gasteiger charge is 2.13. The van der Waals surface area contributed by atoms with Crippen molar-refractivity contribution in [3.63, 3.8) is 0 Å². The molecule has 0 radical (unpaired) electrons. The van der Waals surface area contributed by atoms with E-state index in [2.05, 4.69) is 21.7 Å². The Morgan fingerprint density at radius 1 is 1.04 bits per heavy atom. The molecule has 140 valence electrons. The third-order valence-electron chi connectivity index (χ3n) is 3.79. The molecule has 0 amide bonds. The lowest BCUT2D eigenvalue weighted by molar-refractivity contribution is 0.174. The molecule has 6 nitrogen and oxygen atoms in total. The number of nitrogens with one attached hydrogen (secondary N) is 2. The highest BCUT2D eigenvalue weighted by Crippen LogP contribution is 2.32. The minimum atomic E-state index is 0. The van der Waals surface area contributed by atoms with Crippen molar-refractivity contribution in [3.05, 3.63) is 53.6 Å². The summed E-state index contributed by atoms with van der Waals surface area (Å²) < 4.78 is 16.3. The Bertz CT molecular complexity index is 753. The molecule has 2 N–H and O–H groups in total. The fourth-order valence-corrected chi connectivity index (χ4v) is 2.55. The number of benzene rings is 2. The number of guanidine groups is 1. The van der Waals surface area contributed by atoms with Gasteiger partial charge in [-0.15, -0.1) is 24.0 Å².